The number of nitrogens with zero attached hydrogens (tertiary/aromatic N) is 1. The van der Waals surface area contributed by atoms with Crippen molar-refractivity contribution in [3.63, 3.8) is 0 Å². The van der Waals surface area contributed by atoms with Crippen LogP contribution in [0.3, 0.4) is 0 Å². The number of ether oxygens (including phenoxy) is 2. The first-order valence-electron chi connectivity index (χ1n) is 6.56. The molecule has 1 rings (SSSR count). The number of esters is 1. The normalized spacial score (nSPS) is 19.4. The Morgan fingerprint density at radius 3 is 2.33 bits per heavy atom. The predicted octanol–water partition coefficient (Wildman–Crippen LogP) is -0.290. The zero-order chi connectivity index (χ0) is 16.2. The Bertz CT molecular complexity index is 448. The molecule has 8 nitrogen and oxygen atoms in total. The number of hydrogen-bond acceptors (Lipinski definition) is 6. The van der Waals surface area contributed by atoms with Gasteiger partial charge >= 0.3 is 12.1 Å². The molecule has 0 bridgehead atoms. The molecule has 0 spiro atoms. The minimum atomic E-state index is -0.935. The lowest BCUT2D eigenvalue weighted by atomic mass is 10.0. The monoisotopic (exact) mass is 300 g/mol. The van der Waals surface area contributed by atoms with E-state index in [4.69, 9.17) is 0 Å². The highest BCUT2D eigenvalue weighted by molar-refractivity contribution is 5.99. The molecule has 0 saturated carbocycles. The van der Waals surface area contributed by atoms with Crippen molar-refractivity contribution in [3.8, 4) is 0 Å². The Labute approximate surface area is 122 Å². The predicted molar refractivity (Wildman–Crippen MR) is 71.3 cm³/mol. The summed E-state index contributed by atoms with van der Waals surface area (Å²) in [5.41, 5.74) is 0. The topological polar surface area (TPSA) is 102 Å². The van der Waals surface area contributed by atoms with E-state index in [0.717, 1.165) is 4.90 Å². The van der Waals surface area contributed by atoms with E-state index in [2.05, 4.69) is 14.8 Å². The van der Waals surface area contributed by atoms with Gasteiger partial charge in [-0.3, -0.25) is 9.59 Å². The molecular formula is C13H20N2O6. The lowest BCUT2D eigenvalue weighted by Crippen LogP contribution is -2.54. The van der Waals surface area contributed by atoms with Gasteiger partial charge in [-0.05, 0) is 5.92 Å². The third-order valence-electron chi connectivity index (χ3n) is 3.29. The summed E-state index contributed by atoms with van der Waals surface area (Å²) < 4.78 is 9.09. The summed E-state index contributed by atoms with van der Waals surface area (Å²) in [7, 11) is 2.38. The molecule has 1 N–H and O–H groups in total. The van der Waals surface area contributed by atoms with Crippen LogP contribution >= 0.6 is 0 Å². The number of likely N-dealkylation sites (tertiary alicyclic amines) is 1. The van der Waals surface area contributed by atoms with Crippen molar-refractivity contribution in [1.29, 1.82) is 0 Å². The molecule has 1 saturated heterocycles. The maximum atomic E-state index is 12.5. The van der Waals surface area contributed by atoms with Crippen LogP contribution in [-0.4, -0.2) is 61.5 Å². The number of ketones is 1. The summed E-state index contributed by atoms with van der Waals surface area (Å²) in [6, 6.07) is -1.81. The number of nitrogens with one attached hydrogen (secondary N) is 1. The first kappa shape index (κ1) is 16.9. The van der Waals surface area contributed by atoms with E-state index in [-0.39, 0.29) is 24.7 Å². The van der Waals surface area contributed by atoms with Gasteiger partial charge in [-0.1, -0.05) is 13.8 Å². The molecular weight excluding hydrogens is 280 g/mol. The van der Waals surface area contributed by atoms with E-state index < -0.39 is 30.1 Å². The molecule has 0 aromatic heterocycles. The maximum absolute atomic E-state index is 12.5. The van der Waals surface area contributed by atoms with Crippen LogP contribution in [0.1, 0.15) is 20.3 Å². The second-order valence-electron chi connectivity index (χ2n) is 5.11. The number of Topliss-reactive ketones (excluding diaryl/α,β-unsaturated/α-hetero) is 1. The number of carbonyl (C=O) groups excluding carboxylic acids is 4. The van der Waals surface area contributed by atoms with E-state index in [1.807, 2.05) is 0 Å². The minimum Gasteiger partial charge on any atom is -0.467 e. The average Bonchev–Trinajstić information content (AvgIpc) is 2.84. The molecule has 1 aliphatic heterocycles. The molecule has 2 amide bonds. The standard InChI is InChI=1S/C13H20N2O6/c1-7(2)10(14-13(19)21-4)11(17)15-6-8(16)5-9(15)12(18)20-3/h7,9-10H,5-6H2,1-4H3,(H,14,19)/t9-,10?/m0/s1. The lowest BCUT2D eigenvalue weighted by molar-refractivity contribution is -0.151. The van der Waals surface area contributed by atoms with Crippen LogP contribution in [0.5, 0.6) is 0 Å². The van der Waals surface area contributed by atoms with Crippen LogP contribution in [0.25, 0.3) is 0 Å². The number of carbonyl (C=O) groups is 4. The Balaban J connectivity index is 2.93. The zero-order valence-corrected chi connectivity index (χ0v) is 12.5. The second kappa shape index (κ2) is 7.05. The second-order valence-corrected chi connectivity index (χ2v) is 5.11. The third kappa shape index (κ3) is 3.93. The van der Waals surface area contributed by atoms with Crippen molar-refractivity contribution >= 4 is 23.8 Å². The van der Waals surface area contributed by atoms with Crippen molar-refractivity contribution in [1.82, 2.24) is 10.2 Å². The Kier molecular flexibility index (Phi) is 5.69. The summed E-state index contributed by atoms with van der Waals surface area (Å²) >= 11 is 0. The highest BCUT2D eigenvalue weighted by atomic mass is 16.5. The molecule has 8 heteroatoms. The van der Waals surface area contributed by atoms with E-state index in [9.17, 15) is 19.2 Å². The van der Waals surface area contributed by atoms with Gasteiger partial charge in [-0.15, -0.1) is 0 Å². The average molecular weight is 300 g/mol. The highest BCUT2D eigenvalue weighted by Crippen LogP contribution is 2.19. The molecule has 0 aliphatic carbocycles. The number of hydrogen-bond donors (Lipinski definition) is 1. The first-order chi connectivity index (χ1) is 9.81. The van der Waals surface area contributed by atoms with Gasteiger partial charge in [0.2, 0.25) is 5.91 Å². The van der Waals surface area contributed by atoms with Crippen molar-refractivity contribution in [2.24, 2.45) is 5.92 Å². The van der Waals surface area contributed by atoms with E-state index in [1.165, 1.54) is 14.2 Å². The van der Waals surface area contributed by atoms with Crippen LogP contribution in [0, 0.1) is 5.92 Å². The van der Waals surface area contributed by atoms with E-state index in [0.29, 0.717) is 0 Å². The Morgan fingerprint density at radius 2 is 1.86 bits per heavy atom. The first-order valence-corrected chi connectivity index (χ1v) is 6.56. The molecule has 0 radical (unpaired) electrons. The van der Waals surface area contributed by atoms with Crippen molar-refractivity contribution in [3.05, 3.63) is 0 Å². The van der Waals surface area contributed by atoms with Gasteiger partial charge in [0.1, 0.15) is 12.1 Å². The van der Waals surface area contributed by atoms with Gasteiger partial charge in [0.05, 0.1) is 20.8 Å². The molecule has 118 valence electrons. The third-order valence-corrected chi connectivity index (χ3v) is 3.29. The summed E-state index contributed by atoms with van der Waals surface area (Å²) in [5, 5.41) is 2.42. The number of alkyl carbamates (subject to hydrolysis) is 1. The molecule has 0 aromatic rings. The van der Waals surface area contributed by atoms with Gasteiger partial charge in [0.15, 0.2) is 5.78 Å². The molecule has 1 fully saturated rings. The molecule has 1 aliphatic rings. The molecule has 1 heterocycles. The number of rotatable bonds is 4. The van der Waals surface area contributed by atoms with Crippen LogP contribution in [0.4, 0.5) is 4.79 Å². The molecule has 21 heavy (non-hydrogen) atoms. The quantitative estimate of drug-likeness (QED) is 0.716. The van der Waals surface area contributed by atoms with Crippen LogP contribution in [0.15, 0.2) is 0 Å². The van der Waals surface area contributed by atoms with Crippen molar-refractivity contribution in [2.45, 2.75) is 32.4 Å². The minimum absolute atomic E-state index is 0.0680. The van der Waals surface area contributed by atoms with Crippen molar-refractivity contribution < 1.29 is 28.7 Å². The van der Waals surface area contributed by atoms with Gasteiger partial charge in [-0.2, -0.15) is 0 Å². The largest absolute Gasteiger partial charge is 0.467 e. The van der Waals surface area contributed by atoms with E-state index >= 15 is 0 Å². The fraction of sp³-hybridized carbons (Fsp3) is 0.692. The Hall–Kier alpha value is -2.12. The van der Waals surface area contributed by atoms with Crippen molar-refractivity contribution in [2.75, 3.05) is 20.8 Å². The van der Waals surface area contributed by atoms with Gasteiger partial charge in [0.25, 0.3) is 0 Å². The SMILES string of the molecule is COC(=O)NC(C(=O)N1CC(=O)C[C@H]1C(=O)OC)C(C)C. The number of amides is 2. The molecule has 1 unspecified atom stereocenters. The molecule has 2 atom stereocenters. The zero-order valence-electron chi connectivity index (χ0n) is 12.5. The molecule has 0 aromatic carbocycles. The number of methoxy groups -OCH3 is 2. The van der Waals surface area contributed by atoms with Gasteiger partial charge in [-0.25, -0.2) is 9.59 Å². The fourth-order valence-corrected chi connectivity index (χ4v) is 2.15. The van der Waals surface area contributed by atoms with Gasteiger partial charge in [0, 0.05) is 6.42 Å². The maximum Gasteiger partial charge on any atom is 0.407 e. The van der Waals surface area contributed by atoms with E-state index in [1.54, 1.807) is 13.8 Å². The summed E-state index contributed by atoms with van der Waals surface area (Å²) in [6.07, 6.45) is -0.816. The smallest absolute Gasteiger partial charge is 0.407 e. The summed E-state index contributed by atoms with van der Waals surface area (Å²) in [5.74, 6) is -1.60. The fourth-order valence-electron chi connectivity index (χ4n) is 2.15. The van der Waals surface area contributed by atoms with Crippen LogP contribution < -0.4 is 5.32 Å². The van der Waals surface area contributed by atoms with Crippen LogP contribution in [0.2, 0.25) is 0 Å². The van der Waals surface area contributed by atoms with Crippen LogP contribution in [-0.2, 0) is 23.9 Å². The highest BCUT2D eigenvalue weighted by Gasteiger charge is 2.42. The van der Waals surface area contributed by atoms with Gasteiger partial charge < -0.3 is 19.7 Å². The lowest BCUT2D eigenvalue weighted by Gasteiger charge is -2.28. The Morgan fingerprint density at radius 1 is 1.24 bits per heavy atom. The summed E-state index contributed by atoms with van der Waals surface area (Å²) in [6.45, 7) is 3.32. The summed E-state index contributed by atoms with van der Waals surface area (Å²) in [4.78, 5) is 48.2.